The number of hydrogen-bond donors (Lipinski definition) is 1. The highest BCUT2D eigenvalue weighted by Gasteiger charge is 2.36. The summed E-state index contributed by atoms with van der Waals surface area (Å²) in [5.74, 6) is -0.515. The zero-order valence-electron chi connectivity index (χ0n) is 19.6. The van der Waals surface area contributed by atoms with Gasteiger partial charge < -0.3 is 5.73 Å². The van der Waals surface area contributed by atoms with E-state index in [2.05, 4.69) is 10.1 Å². The summed E-state index contributed by atoms with van der Waals surface area (Å²) < 4.78 is 40.6. The number of hydrogen-bond acceptors (Lipinski definition) is 5. The van der Waals surface area contributed by atoms with E-state index in [0.29, 0.717) is 38.8 Å². The number of aromatic nitrogens is 3. The van der Waals surface area contributed by atoms with Gasteiger partial charge >= 0.3 is 6.18 Å². The van der Waals surface area contributed by atoms with E-state index in [1.807, 2.05) is 0 Å². The van der Waals surface area contributed by atoms with Gasteiger partial charge in [0, 0.05) is 31.0 Å². The summed E-state index contributed by atoms with van der Waals surface area (Å²) in [6.45, 7) is -0.0783. The lowest BCUT2D eigenvalue weighted by molar-refractivity contribution is -0.144. The smallest absolute Gasteiger partial charge is 0.383 e. The van der Waals surface area contributed by atoms with Crippen LogP contribution in [0.25, 0.3) is 21.8 Å². The molecular formula is C25H23F3N6O2. The molecule has 186 valence electrons. The van der Waals surface area contributed by atoms with Crippen molar-refractivity contribution in [2.45, 2.75) is 25.6 Å². The molecule has 4 aromatic rings. The summed E-state index contributed by atoms with van der Waals surface area (Å²) in [4.78, 5) is 31.0. The predicted molar refractivity (Wildman–Crippen MR) is 127 cm³/mol. The Balaban J connectivity index is 1.53. The minimum atomic E-state index is -4.47. The van der Waals surface area contributed by atoms with E-state index in [9.17, 15) is 22.8 Å². The first-order chi connectivity index (χ1) is 17.0. The van der Waals surface area contributed by atoms with Crippen molar-refractivity contribution in [3.63, 3.8) is 0 Å². The van der Waals surface area contributed by atoms with E-state index < -0.39 is 17.6 Å². The van der Waals surface area contributed by atoms with Crippen LogP contribution < -0.4 is 5.73 Å². The number of halogens is 3. The number of pyridine rings is 1. The first-order valence-electron chi connectivity index (χ1n) is 11.3. The van der Waals surface area contributed by atoms with Crippen LogP contribution in [0.2, 0.25) is 0 Å². The van der Waals surface area contributed by atoms with Gasteiger partial charge in [-0.05, 0) is 48.7 Å². The Hall–Kier alpha value is -4.15. The van der Waals surface area contributed by atoms with Crippen LogP contribution in [0.4, 0.5) is 19.0 Å². The monoisotopic (exact) mass is 496 g/mol. The molecule has 0 spiro atoms. The summed E-state index contributed by atoms with van der Waals surface area (Å²) in [7, 11) is 3.26. The van der Waals surface area contributed by atoms with Crippen LogP contribution >= 0.6 is 0 Å². The van der Waals surface area contributed by atoms with E-state index >= 15 is 0 Å². The molecule has 2 heterocycles. The van der Waals surface area contributed by atoms with Crippen LogP contribution in [0.15, 0.2) is 48.7 Å². The van der Waals surface area contributed by atoms with Crippen molar-refractivity contribution in [1.29, 1.82) is 0 Å². The molecule has 0 radical (unpaired) electrons. The molecule has 0 aliphatic heterocycles. The Morgan fingerprint density at radius 3 is 2.44 bits per heavy atom. The summed E-state index contributed by atoms with van der Waals surface area (Å²) in [5, 5.41) is 8.08. The number of rotatable bonds is 4. The summed E-state index contributed by atoms with van der Waals surface area (Å²) in [6.07, 6.45) is -1.38. The maximum atomic E-state index is 13.7. The van der Waals surface area contributed by atoms with Gasteiger partial charge in [0.25, 0.3) is 5.91 Å². The van der Waals surface area contributed by atoms with E-state index in [0.717, 1.165) is 25.0 Å². The fraction of sp³-hybridized carbons (Fsp3) is 0.280. The Labute approximate surface area is 204 Å². The third-order valence-corrected chi connectivity index (χ3v) is 6.41. The number of hydrazine groups is 1. The number of carbonyl (C=O) groups is 2. The number of aryl methyl sites for hydroxylation is 1. The topological polar surface area (TPSA) is 97.3 Å². The summed E-state index contributed by atoms with van der Waals surface area (Å²) >= 11 is 0. The number of nitrogen functional groups attached to an aromatic ring is 1. The Morgan fingerprint density at radius 2 is 1.81 bits per heavy atom. The highest BCUT2D eigenvalue weighted by Crippen LogP contribution is 2.33. The fourth-order valence-electron chi connectivity index (χ4n) is 4.24. The molecule has 2 amide bonds. The van der Waals surface area contributed by atoms with Crippen molar-refractivity contribution in [2.75, 3.05) is 12.8 Å². The third-order valence-electron chi connectivity index (χ3n) is 6.41. The second-order valence-electron chi connectivity index (χ2n) is 8.95. The Bertz CT molecular complexity index is 1490. The second-order valence-corrected chi connectivity index (χ2v) is 8.95. The van der Waals surface area contributed by atoms with E-state index in [1.165, 1.54) is 29.2 Å². The lowest BCUT2D eigenvalue weighted by Crippen LogP contribution is -2.47. The molecule has 11 heteroatoms. The van der Waals surface area contributed by atoms with Crippen molar-refractivity contribution in [3.8, 4) is 0 Å². The standard InChI is InChI=1S/C25H23F3N6O2/c1-32-21-18-11-16(7-10-20(18)31-22(29)19(21)12-30-32)24(36)34(33(2)23(35)15-5-6-15)13-14-3-8-17(9-4-14)25(26,27)28/h3-4,7-12,15H,5-6,13H2,1-2H3,(H2,29,31). The maximum absolute atomic E-state index is 13.7. The molecule has 2 aromatic carbocycles. The van der Waals surface area contributed by atoms with E-state index in [4.69, 9.17) is 5.73 Å². The number of anilines is 1. The van der Waals surface area contributed by atoms with Crippen molar-refractivity contribution < 1.29 is 22.8 Å². The minimum absolute atomic E-state index is 0.0783. The Morgan fingerprint density at radius 1 is 1.11 bits per heavy atom. The SMILES string of the molecule is CN(C(=O)C1CC1)N(Cc1ccc(C(F)(F)F)cc1)C(=O)c1ccc2nc(N)c3cnn(C)c3c2c1. The highest BCUT2D eigenvalue weighted by atomic mass is 19.4. The van der Waals surface area contributed by atoms with Gasteiger partial charge in [-0.1, -0.05) is 12.1 Å². The molecule has 0 bridgehead atoms. The van der Waals surface area contributed by atoms with Gasteiger partial charge in [0.2, 0.25) is 5.91 Å². The Kier molecular flexibility index (Phi) is 5.57. The molecule has 36 heavy (non-hydrogen) atoms. The van der Waals surface area contributed by atoms with Gasteiger partial charge in [-0.15, -0.1) is 0 Å². The minimum Gasteiger partial charge on any atom is -0.383 e. The van der Waals surface area contributed by atoms with Crippen molar-refractivity contribution >= 4 is 39.4 Å². The van der Waals surface area contributed by atoms with Crippen LogP contribution in [-0.4, -0.2) is 43.6 Å². The van der Waals surface area contributed by atoms with Gasteiger partial charge in [0.1, 0.15) is 5.82 Å². The van der Waals surface area contributed by atoms with Crippen molar-refractivity contribution in [1.82, 2.24) is 24.8 Å². The van der Waals surface area contributed by atoms with Crippen LogP contribution in [0.3, 0.4) is 0 Å². The van der Waals surface area contributed by atoms with Crippen LogP contribution in [0.1, 0.15) is 34.3 Å². The molecule has 2 N–H and O–H groups in total. The lowest BCUT2D eigenvalue weighted by Gasteiger charge is -2.32. The second kappa shape index (κ2) is 8.51. The van der Waals surface area contributed by atoms with Gasteiger partial charge in [0.05, 0.1) is 34.7 Å². The molecule has 0 saturated heterocycles. The molecule has 8 nitrogen and oxygen atoms in total. The summed E-state index contributed by atoms with van der Waals surface area (Å²) in [5.41, 5.74) is 7.31. The highest BCUT2D eigenvalue weighted by molar-refractivity contribution is 6.10. The maximum Gasteiger partial charge on any atom is 0.416 e. The largest absolute Gasteiger partial charge is 0.416 e. The zero-order chi connectivity index (χ0) is 25.8. The first kappa shape index (κ1) is 23.6. The van der Waals surface area contributed by atoms with Gasteiger partial charge in [0.15, 0.2) is 0 Å². The van der Waals surface area contributed by atoms with Crippen LogP contribution in [0, 0.1) is 5.92 Å². The molecule has 0 unspecified atom stereocenters. The van der Waals surface area contributed by atoms with E-state index in [-0.39, 0.29) is 18.4 Å². The average molecular weight is 496 g/mol. The number of nitrogens with zero attached hydrogens (tertiary/aromatic N) is 5. The lowest BCUT2D eigenvalue weighted by atomic mass is 10.1. The first-order valence-corrected chi connectivity index (χ1v) is 11.3. The molecule has 0 atom stereocenters. The van der Waals surface area contributed by atoms with Crippen LogP contribution in [0.5, 0.6) is 0 Å². The molecular weight excluding hydrogens is 473 g/mol. The quantitative estimate of drug-likeness (QED) is 0.428. The molecule has 2 aromatic heterocycles. The third kappa shape index (κ3) is 4.21. The number of amides is 2. The number of carbonyl (C=O) groups excluding carboxylic acids is 2. The van der Waals surface area contributed by atoms with Crippen molar-refractivity contribution in [3.05, 3.63) is 65.4 Å². The molecule has 1 aliphatic carbocycles. The van der Waals surface area contributed by atoms with E-state index in [1.54, 1.807) is 36.1 Å². The van der Waals surface area contributed by atoms with Gasteiger partial charge in [-0.25, -0.2) is 9.99 Å². The molecule has 1 saturated carbocycles. The number of benzene rings is 2. The zero-order valence-corrected chi connectivity index (χ0v) is 19.6. The van der Waals surface area contributed by atoms with Crippen molar-refractivity contribution in [2.24, 2.45) is 13.0 Å². The van der Waals surface area contributed by atoms with Gasteiger partial charge in [-0.3, -0.25) is 19.3 Å². The summed E-state index contributed by atoms with van der Waals surface area (Å²) in [6, 6.07) is 9.48. The average Bonchev–Trinajstić information content (AvgIpc) is 3.62. The molecule has 1 fully saturated rings. The normalized spacial score (nSPS) is 13.8. The number of alkyl halides is 3. The van der Waals surface area contributed by atoms with Gasteiger partial charge in [-0.2, -0.15) is 18.3 Å². The molecule has 5 rings (SSSR count). The predicted octanol–water partition coefficient (Wildman–Crippen LogP) is 4.15. The fourth-order valence-corrected chi connectivity index (χ4v) is 4.24. The van der Waals surface area contributed by atoms with Crippen LogP contribution in [-0.2, 0) is 24.6 Å². The number of fused-ring (bicyclic) bond motifs is 3. The number of nitrogens with two attached hydrogens (primary N) is 1. The molecule has 1 aliphatic rings.